The summed E-state index contributed by atoms with van der Waals surface area (Å²) < 4.78 is 5.60. The maximum Gasteiger partial charge on any atom is 0.329 e. The van der Waals surface area contributed by atoms with Gasteiger partial charge in [-0.1, -0.05) is 86.5 Å². The number of carbonyl (C=O) groups excluding carboxylic acids is 5. The van der Waals surface area contributed by atoms with Gasteiger partial charge in [0, 0.05) is 6.54 Å². The number of fused-ring (bicyclic) bond motifs is 1. The Hall–Kier alpha value is -2.73. The van der Waals surface area contributed by atoms with Crippen molar-refractivity contribution in [3.8, 4) is 0 Å². The predicted octanol–water partition coefficient (Wildman–Crippen LogP) is 3.53. The number of ketones is 1. The second kappa shape index (κ2) is 16.4. The third-order valence-electron chi connectivity index (χ3n) is 9.21. The van der Waals surface area contributed by atoms with Crippen LogP contribution in [0.15, 0.2) is 0 Å². The SMILES string of the molecule is C[C@H]1CCN2C(=O)[C@@H](NC(=O)N[C@H](C(=O)OC(C)(C)C)C(C)(C)C)C(C)(C)CCCCCCCCC[C@@H](C(=O)C(N)=O)NC(O)[C@H]12. The topological polar surface area (TPSA) is 180 Å². The molecule has 0 radical (unpaired) electrons. The first kappa shape index (κ1) is 39.4. The van der Waals surface area contributed by atoms with E-state index in [1.165, 1.54) is 0 Å². The zero-order valence-electron chi connectivity index (χ0n) is 29.7. The number of aliphatic hydroxyl groups is 1. The highest BCUT2D eigenvalue weighted by molar-refractivity contribution is 6.37. The van der Waals surface area contributed by atoms with Crippen molar-refractivity contribution in [2.45, 2.75) is 163 Å². The van der Waals surface area contributed by atoms with E-state index in [1.807, 2.05) is 41.5 Å². The van der Waals surface area contributed by atoms with Crippen molar-refractivity contribution in [1.82, 2.24) is 20.9 Å². The molecule has 0 saturated carbocycles. The quantitative estimate of drug-likeness (QED) is 0.221. The molecule has 264 valence electrons. The zero-order chi connectivity index (χ0) is 35.0. The minimum absolute atomic E-state index is 0.132. The number of carbonyl (C=O) groups is 5. The molecule has 12 nitrogen and oxygen atoms in total. The molecule has 0 aromatic heterocycles. The minimum Gasteiger partial charge on any atom is -0.458 e. The van der Waals surface area contributed by atoms with Gasteiger partial charge in [0.25, 0.3) is 5.91 Å². The number of rotatable bonds is 5. The number of esters is 1. The average Bonchev–Trinajstić information content (AvgIpc) is 3.31. The number of amides is 4. The van der Waals surface area contributed by atoms with Crippen molar-refractivity contribution in [2.75, 3.05) is 6.54 Å². The van der Waals surface area contributed by atoms with Crippen molar-refractivity contribution in [3.05, 3.63) is 0 Å². The number of urea groups is 1. The molecule has 12 heteroatoms. The van der Waals surface area contributed by atoms with Crippen LogP contribution in [0.2, 0.25) is 0 Å². The maximum atomic E-state index is 14.5. The number of primary amides is 1. The average molecular weight is 652 g/mol. The number of Topliss-reactive ketones (excluding diaryl/α,β-unsaturated/α-hetero) is 1. The van der Waals surface area contributed by atoms with Gasteiger partial charge in [-0.25, -0.2) is 9.59 Å². The molecule has 6 atom stereocenters. The monoisotopic (exact) mass is 651 g/mol. The summed E-state index contributed by atoms with van der Waals surface area (Å²) in [4.78, 5) is 67.3. The van der Waals surface area contributed by atoms with Gasteiger partial charge in [-0.2, -0.15) is 0 Å². The fraction of sp³-hybridized carbons (Fsp3) is 0.853. The van der Waals surface area contributed by atoms with Gasteiger partial charge in [0.2, 0.25) is 11.7 Å². The highest BCUT2D eigenvalue weighted by Gasteiger charge is 2.47. The van der Waals surface area contributed by atoms with Crippen LogP contribution in [0.4, 0.5) is 4.79 Å². The molecule has 6 N–H and O–H groups in total. The molecule has 4 amide bonds. The Labute approximate surface area is 275 Å². The first-order valence-corrected chi connectivity index (χ1v) is 17.0. The first-order valence-electron chi connectivity index (χ1n) is 17.0. The fourth-order valence-electron chi connectivity index (χ4n) is 6.48. The number of hydrogen-bond donors (Lipinski definition) is 5. The van der Waals surface area contributed by atoms with Gasteiger partial charge in [0.05, 0.1) is 12.1 Å². The Bertz CT molecular complexity index is 1080. The number of hydrogen-bond acceptors (Lipinski definition) is 8. The van der Waals surface area contributed by atoms with Crippen LogP contribution in [0.1, 0.15) is 127 Å². The smallest absolute Gasteiger partial charge is 0.329 e. The molecule has 2 fully saturated rings. The Morgan fingerprint density at radius 1 is 0.978 bits per heavy atom. The molecule has 0 spiro atoms. The van der Waals surface area contributed by atoms with Crippen LogP contribution < -0.4 is 21.7 Å². The molecular weight excluding hydrogens is 590 g/mol. The standard InChI is InChI=1S/C34H61N5O7/c1-21-18-20-39-23(21)28(42)36-22(24(40)27(35)41)17-15-13-11-10-12-14-16-19-34(8,9)25(29(39)43)37-31(45)38-26(32(2,3)4)30(44)46-33(5,6)7/h21-23,25-26,28,36,42H,10-20H2,1-9H3,(H2,35,41)(H2,37,38,45)/t21-,22-,23-,25+,26+,28?/m0/s1. The van der Waals surface area contributed by atoms with Gasteiger partial charge in [-0.05, 0) is 56.8 Å². The predicted molar refractivity (Wildman–Crippen MR) is 176 cm³/mol. The number of aliphatic hydroxyl groups excluding tert-OH is 1. The Morgan fingerprint density at radius 3 is 2.09 bits per heavy atom. The van der Waals surface area contributed by atoms with E-state index in [4.69, 9.17) is 10.5 Å². The lowest BCUT2D eigenvalue weighted by atomic mass is 9.78. The Balaban J connectivity index is 2.44. The van der Waals surface area contributed by atoms with Gasteiger partial charge in [0.1, 0.15) is 23.9 Å². The first-order chi connectivity index (χ1) is 21.2. The summed E-state index contributed by atoms with van der Waals surface area (Å²) >= 11 is 0. The molecule has 0 aromatic carbocycles. The molecule has 2 saturated heterocycles. The van der Waals surface area contributed by atoms with E-state index in [-0.39, 0.29) is 11.8 Å². The van der Waals surface area contributed by atoms with Crippen LogP contribution in [0.25, 0.3) is 0 Å². The van der Waals surface area contributed by atoms with Gasteiger partial charge >= 0.3 is 12.0 Å². The molecule has 46 heavy (non-hydrogen) atoms. The summed E-state index contributed by atoms with van der Waals surface area (Å²) in [5.41, 5.74) is 3.23. The van der Waals surface area contributed by atoms with E-state index >= 15 is 0 Å². The van der Waals surface area contributed by atoms with Crippen molar-refractivity contribution < 1.29 is 33.8 Å². The van der Waals surface area contributed by atoms with Crippen LogP contribution in [0, 0.1) is 16.7 Å². The number of ether oxygens (including phenoxy) is 1. The van der Waals surface area contributed by atoms with Crippen LogP contribution in [0.3, 0.4) is 0 Å². The van der Waals surface area contributed by atoms with Crippen LogP contribution in [-0.4, -0.2) is 82.1 Å². The highest BCUT2D eigenvalue weighted by atomic mass is 16.6. The summed E-state index contributed by atoms with van der Waals surface area (Å²) in [5, 5.41) is 20.0. The summed E-state index contributed by atoms with van der Waals surface area (Å²) in [6.45, 7) is 16.9. The number of nitrogens with one attached hydrogen (secondary N) is 3. The van der Waals surface area contributed by atoms with E-state index in [1.54, 1.807) is 25.7 Å². The second-order valence-corrected chi connectivity index (χ2v) is 16.1. The largest absolute Gasteiger partial charge is 0.458 e. The van der Waals surface area contributed by atoms with Gasteiger partial charge in [-0.3, -0.25) is 19.7 Å². The molecule has 2 aliphatic heterocycles. The molecule has 2 aliphatic rings. The molecule has 2 heterocycles. The number of nitrogens with two attached hydrogens (primary N) is 1. The third-order valence-corrected chi connectivity index (χ3v) is 9.21. The Kier molecular flexibility index (Phi) is 14.1. The van der Waals surface area contributed by atoms with E-state index in [0.29, 0.717) is 32.2 Å². The van der Waals surface area contributed by atoms with Crippen molar-refractivity contribution >= 4 is 29.6 Å². The van der Waals surface area contributed by atoms with Gasteiger partial charge < -0.3 is 31.1 Å². The minimum atomic E-state index is -1.31. The van der Waals surface area contributed by atoms with E-state index in [9.17, 15) is 29.1 Å². The number of nitrogens with zero attached hydrogens (tertiary/aromatic N) is 1. The fourth-order valence-corrected chi connectivity index (χ4v) is 6.48. The Morgan fingerprint density at radius 2 is 1.54 bits per heavy atom. The van der Waals surface area contributed by atoms with Gasteiger partial charge in [-0.15, -0.1) is 0 Å². The van der Waals surface area contributed by atoms with Crippen molar-refractivity contribution in [3.63, 3.8) is 0 Å². The highest BCUT2D eigenvalue weighted by Crippen LogP contribution is 2.34. The summed E-state index contributed by atoms with van der Waals surface area (Å²) in [6.07, 6.45) is 6.73. The van der Waals surface area contributed by atoms with Crippen LogP contribution in [-0.2, 0) is 23.9 Å². The van der Waals surface area contributed by atoms with Crippen molar-refractivity contribution in [2.24, 2.45) is 22.5 Å². The van der Waals surface area contributed by atoms with Crippen LogP contribution in [0.5, 0.6) is 0 Å². The molecule has 0 bridgehead atoms. The molecule has 2 rings (SSSR count). The lowest BCUT2D eigenvalue weighted by molar-refractivity contribution is -0.160. The summed E-state index contributed by atoms with van der Waals surface area (Å²) in [5.74, 6) is -2.93. The van der Waals surface area contributed by atoms with Crippen molar-refractivity contribution in [1.29, 1.82) is 0 Å². The molecule has 0 aromatic rings. The second-order valence-electron chi connectivity index (χ2n) is 16.1. The lowest BCUT2D eigenvalue weighted by Gasteiger charge is -2.40. The normalized spacial score (nSPS) is 27.9. The maximum absolute atomic E-state index is 14.5. The summed E-state index contributed by atoms with van der Waals surface area (Å²) in [6, 6.07) is -4.31. The molecule has 0 aliphatic carbocycles. The van der Waals surface area contributed by atoms with Gasteiger partial charge in [0.15, 0.2) is 0 Å². The lowest BCUT2D eigenvalue weighted by Crippen LogP contribution is -2.63. The third kappa shape index (κ3) is 11.5. The summed E-state index contributed by atoms with van der Waals surface area (Å²) in [7, 11) is 0. The van der Waals surface area contributed by atoms with Crippen LogP contribution >= 0.6 is 0 Å². The van der Waals surface area contributed by atoms with E-state index in [0.717, 1.165) is 38.5 Å². The molecule has 1 unspecified atom stereocenters. The molecular formula is C34H61N5O7. The van der Waals surface area contributed by atoms with E-state index < -0.39 is 70.5 Å². The zero-order valence-corrected chi connectivity index (χ0v) is 29.7. The van der Waals surface area contributed by atoms with E-state index in [2.05, 4.69) is 16.0 Å².